The van der Waals surface area contributed by atoms with E-state index in [1.54, 1.807) is 6.92 Å². The van der Waals surface area contributed by atoms with Crippen molar-refractivity contribution in [1.29, 1.82) is 5.41 Å². The van der Waals surface area contributed by atoms with Gasteiger partial charge >= 0.3 is 0 Å². The fraction of sp³-hybridized carbons (Fsp3) is 0.500. The molecule has 1 amide bonds. The molecule has 4 N–H and O–H groups in total. The average molecular weight is 441 g/mol. The van der Waals surface area contributed by atoms with Gasteiger partial charge in [0.2, 0.25) is 0 Å². The number of piperidine rings is 1. The number of thiophene rings is 1. The molecule has 1 aliphatic heterocycles. The molecule has 7 heteroatoms. The molecule has 2 fully saturated rings. The van der Waals surface area contributed by atoms with Gasteiger partial charge in [-0.3, -0.25) is 4.79 Å². The third-order valence-electron chi connectivity index (χ3n) is 6.26. The van der Waals surface area contributed by atoms with Gasteiger partial charge < -0.3 is 26.0 Å². The summed E-state index contributed by atoms with van der Waals surface area (Å²) in [4.78, 5) is 15.8. The molecule has 0 atom stereocenters. The molecular formula is C24H32N4O2S. The molecule has 1 saturated carbocycles. The van der Waals surface area contributed by atoms with Crippen molar-refractivity contribution < 1.29 is 9.90 Å². The lowest BCUT2D eigenvalue weighted by atomic mass is 9.95. The lowest BCUT2D eigenvalue weighted by Crippen LogP contribution is -2.35. The molecule has 1 aromatic heterocycles. The minimum atomic E-state index is -0.187. The molecule has 0 spiro atoms. The number of carbonyl (C=O) groups is 1. The fourth-order valence-corrected chi connectivity index (χ4v) is 5.48. The van der Waals surface area contributed by atoms with Crippen LogP contribution >= 0.6 is 11.3 Å². The number of carbonyl (C=O) groups excluding carboxylic acids is 1. The van der Waals surface area contributed by atoms with E-state index in [0.717, 1.165) is 60.7 Å². The number of nitrogens with one attached hydrogen (secondary N) is 3. The minimum absolute atomic E-state index is 0.141. The highest BCUT2D eigenvalue weighted by molar-refractivity contribution is 7.18. The second-order valence-corrected chi connectivity index (χ2v) is 9.73. The molecule has 0 unspecified atom stereocenters. The van der Waals surface area contributed by atoms with E-state index in [-0.39, 0.29) is 12.0 Å². The summed E-state index contributed by atoms with van der Waals surface area (Å²) in [5.41, 5.74) is 3.17. The summed E-state index contributed by atoms with van der Waals surface area (Å²) < 4.78 is 0. The summed E-state index contributed by atoms with van der Waals surface area (Å²) in [6.07, 6.45) is 7.48. The summed E-state index contributed by atoms with van der Waals surface area (Å²) in [6, 6.07) is 10.2. The van der Waals surface area contributed by atoms with Crippen molar-refractivity contribution in [3.05, 3.63) is 40.8 Å². The van der Waals surface area contributed by atoms with Crippen LogP contribution in [0, 0.1) is 5.41 Å². The van der Waals surface area contributed by atoms with Crippen LogP contribution in [-0.4, -0.2) is 42.0 Å². The first-order valence-electron chi connectivity index (χ1n) is 11.3. The zero-order chi connectivity index (χ0) is 21.8. The highest BCUT2D eigenvalue weighted by atomic mass is 32.1. The largest absolute Gasteiger partial charge is 0.393 e. The van der Waals surface area contributed by atoms with E-state index >= 15 is 0 Å². The van der Waals surface area contributed by atoms with Gasteiger partial charge in [-0.15, -0.1) is 11.3 Å². The van der Waals surface area contributed by atoms with Gasteiger partial charge in [0.05, 0.1) is 16.0 Å². The zero-order valence-corrected chi connectivity index (χ0v) is 18.9. The SMILES string of the molecule is CC(=N)c1cc(C(=O)Nc2ccc(N3CCC(O)CC3)cc2)sc1NC1CCCCC1. The molecule has 1 aromatic carbocycles. The third kappa shape index (κ3) is 5.46. The van der Waals surface area contributed by atoms with E-state index in [4.69, 9.17) is 5.41 Å². The average Bonchev–Trinajstić information content (AvgIpc) is 3.20. The van der Waals surface area contributed by atoms with Crippen LogP contribution in [0.2, 0.25) is 0 Å². The van der Waals surface area contributed by atoms with Gasteiger partial charge in [0.1, 0.15) is 0 Å². The first kappa shape index (κ1) is 21.8. The topological polar surface area (TPSA) is 88.5 Å². The molecule has 31 heavy (non-hydrogen) atoms. The normalized spacial score (nSPS) is 18.1. The zero-order valence-electron chi connectivity index (χ0n) is 18.1. The van der Waals surface area contributed by atoms with Crippen molar-refractivity contribution in [3.8, 4) is 0 Å². The first-order valence-corrected chi connectivity index (χ1v) is 12.1. The Morgan fingerprint density at radius 1 is 1.10 bits per heavy atom. The summed E-state index contributed by atoms with van der Waals surface area (Å²) in [7, 11) is 0. The van der Waals surface area contributed by atoms with Crippen molar-refractivity contribution in [3.63, 3.8) is 0 Å². The molecule has 2 aromatic rings. The number of rotatable bonds is 6. The Hall–Kier alpha value is -2.38. The number of nitrogens with zero attached hydrogens (tertiary/aromatic N) is 1. The summed E-state index contributed by atoms with van der Waals surface area (Å²) in [5, 5.41) is 25.3. The van der Waals surface area contributed by atoms with Crippen molar-refractivity contribution in [2.45, 2.75) is 64.0 Å². The summed E-state index contributed by atoms with van der Waals surface area (Å²) in [5.74, 6) is -0.141. The van der Waals surface area contributed by atoms with Crippen LogP contribution in [0.1, 0.15) is 67.1 Å². The van der Waals surface area contributed by atoms with Gasteiger partial charge in [-0.2, -0.15) is 0 Å². The van der Waals surface area contributed by atoms with Crippen LogP contribution in [0.3, 0.4) is 0 Å². The quantitative estimate of drug-likeness (QED) is 0.471. The van der Waals surface area contributed by atoms with Crippen LogP contribution in [-0.2, 0) is 0 Å². The van der Waals surface area contributed by atoms with Crippen molar-refractivity contribution in [2.75, 3.05) is 28.6 Å². The molecule has 0 bridgehead atoms. The maximum Gasteiger partial charge on any atom is 0.265 e. The minimum Gasteiger partial charge on any atom is -0.393 e. The van der Waals surface area contributed by atoms with Gasteiger partial charge in [0.15, 0.2) is 0 Å². The smallest absolute Gasteiger partial charge is 0.265 e. The summed E-state index contributed by atoms with van der Waals surface area (Å²) in [6.45, 7) is 3.48. The number of hydrogen-bond acceptors (Lipinski definition) is 6. The summed E-state index contributed by atoms with van der Waals surface area (Å²) >= 11 is 1.44. The van der Waals surface area contributed by atoms with E-state index in [9.17, 15) is 9.90 Å². The molecule has 1 saturated heterocycles. The Bertz CT molecular complexity index is 910. The van der Waals surface area contributed by atoms with E-state index in [2.05, 4.69) is 15.5 Å². The Balaban J connectivity index is 1.42. The molecule has 1 aliphatic carbocycles. The Labute approximate surface area is 188 Å². The maximum absolute atomic E-state index is 12.9. The third-order valence-corrected chi connectivity index (χ3v) is 7.32. The van der Waals surface area contributed by atoms with E-state index in [0.29, 0.717) is 16.6 Å². The molecule has 2 aliphatic rings. The van der Waals surface area contributed by atoms with Crippen molar-refractivity contribution >= 4 is 39.3 Å². The lowest BCUT2D eigenvalue weighted by molar-refractivity contribution is 0.103. The monoisotopic (exact) mass is 440 g/mol. The highest BCUT2D eigenvalue weighted by Gasteiger charge is 2.21. The van der Waals surface area contributed by atoms with Crippen LogP contribution < -0.4 is 15.5 Å². The second kappa shape index (κ2) is 9.83. The predicted octanol–water partition coefficient (Wildman–Crippen LogP) is 5.09. The van der Waals surface area contributed by atoms with Gasteiger partial charge in [-0.05, 0) is 62.9 Å². The van der Waals surface area contributed by atoms with Crippen LogP contribution in [0.15, 0.2) is 30.3 Å². The van der Waals surface area contributed by atoms with Gasteiger partial charge in [-0.1, -0.05) is 19.3 Å². The van der Waals surface area contributed by atoms with Gasteiger partial charge in [0, 0.05) is 41.8 Å². The Morgan fingerprint density at radius 2 is 1.77 bits per heavy atom. The van der Waals surface area contributed by atoms with Gasteiger partial charge in [0.25, 0.3) is 5.91 Å². The molecule has 6 nitrogen and oxygen atoms in total. The van der Waals surface area contributed by atoms with Crippen LogP contribution in [0.25, 0.3) is 0 Å². The maximum atomic E-state index is 12.9. The first-order chi connectivity index (χ1) is 15.0. The van der Waals surface area contributed by atoms with Crippen molar-refractivity contribution in [1.82, 2.24) is 0 Å². The molecule has 4 rings (SSSR count). The second-order valence-electron chi connectivity index (χ2n) is 8.68. The van der Waals surface area contributed by atoms with Crippen LogP contribution in [0.4, 0.5) is 16.4 Å². The molecule has 2 heterocycles. The predicted molar refractivity (Wildman–Crippen MR) is 129 cm³/mol. The van der Waals surface area contributed by atoms with Gasteiger partial charge in [-0.25, -0.2) is 0 Å². The van der Waals surface area contributed by atoms with E-state index < -0.39 is 0 Å². The standard InChI is InChI=1S/C24H32N4O2S/c1-16(25)21-15-22(31-24(21)27-17-5-3-2-4-6-17)23(30)26-18-7-9-19(10-8-18)28-13-11-20(29)12-14-28/h7-10,15,17,20,25,27,29H,2-6,11-14H2,1H3,(H,26,30). The lowest BCUT2D eigenvalue weighted by Gasteiger charge is -2.31. The van der Waals surface area contributed by atoms with E-state index in [1.165, 1.54) is 30.6 Å². The molecular weight excluding hydrogens is 408 g/mol. The van der Waals surface area contributed by atoms with Crippen molar-refractivity contribution in [2.24, 2.45) is 0 Å². The Kier molecular flexibility index (Phi) is 6.92. The number of anilines is 3. The number of amides is 1. The number of benzene rings is 1. The number of aliphatic hydroxyl groups excluding tert-OH is 1. The molecule has 166 valence electrons. The number of hydrogen-bond donors (Lipinski definition) is 4. The molecule has 0 radical (unpaired) electrons. The fourth-order valence-electron chi connectivity index (χ4n) is 4.39. The van der Waals surface area contributed by atoms with Crippen LogP contribution in [0.5, 0.6) is 0 Å². The Morgan fingerprint density at radius 3 is 2.42 bits per heavy atom. The number of aliphatic hydroxyl groups is 1. The van der Waals surface area contributed by atoms with E-state index in [1.807, 2.05) is 30.3 Å². The highest BCUT2D eigenvalue weighted by Crippen LogP contribution is 2.32.